The molecule has 14 heavy (non-hydrogen) atoms. The Hall–Kier alpha value is -1.83. The van der Waals surface area contributed by atoms with Gasteiger partial charge in [0.05, 0.1) is 0 Å². The molecule has 0 bridgehead atoms. The minimum atomic E-state index is 0.0965. The van der Waals surface area contributed by atoms with Crippen LogP contribution in [0.25, 0.3) is 10.9 Å². The molecule has 1 N–H and O–H groups in total. The highest BCUT2D eigenvalue weighted by atomic mass is 16.1. The van der Waals surface area contributed by atoms with Gasteiger partial charge < -0.3 is 4.98 Å². The molecule has 0 unspecified atom stereocenters. The minimum Gasteiger partial charge on any atom is -0.361 e. The van der Waals surface area contributed by atoms with Crippen molar-refractivity contribution in [2.45, 2.75) is 6.42 Å². The van der Waals surface area contributed by atoms with Crippen LogP contribution in [0, 0.1) is 0 Å². The maximum absolute atomic E-state index is 11.9. The number of fused-ring (bicyclic) bond motifs is 1. The smallest absolute Gasteiger partial charge is 0.192 e. The van der Waals surface area contributed by atoms with E-state index in [2.05, 4.69) is 11.6 Å². The molecule has 2 aromatic rings. The second-order valence-electron chi connectivity index (χ2n) is 3.18. The minimum absolute atomic E-state index is 0.0965. The monoisotopic (exact) mass is 185 g/mol. The molecule has 70 valence electrons. The van der Waals surface area contributed by atoms with Gasteiger partial charge in [-0.25, -0.2) is 0 Å². The number of nitrogens with one attached hydrogen (secondary N) is 1. The molecule has 2 heteroatoms. The third kappa shape index (κ3) is 1.35. The highest BCUT2D eigenvalue weighted by molar-refractivity contribution is 5.78. The summed E-state index contributed by atoms with van der Waals surface area (Å²) in [7, 11) is 0. The molecule has 0 aliphatic carbocycles. The van der Waals surface area contributed by atoms with Crippen molar-refractivity contribution in [2.75, 3.05) is 0 Å². The summed E-state index contributed by atoms with van der Waals surface area (Å²) in [6, 6.07) is 7.51. The Labute approximate surface area is 81.9 Å². The standard InChI is InChI=1S/C12H11NO/c1-2-5-9-8-13-11-7-4-3-6-10(11)12(9)14/h2-4,6-8H,1,5H2,(H,13,14). The van der Waals surface area contributed by atoms with Crippen molar-refractivity contribution in [3.05, 3.63) is 58.9 Å². The molecule has 0 aliphatic rings. The average Bonchev–Trinajstić information content (AvgIpc) is 2.23. The van der Waals surface area contributed by atoms with Gasteiger partial charge in [0.15, 0.2) is 5.43 Å². The van der Waals surface area contributed by atoms with Crippen molar-refractivity contribution in [3.63, 3.8) is 0 Å². The second-order valence-corrected chi connectivity index (χ2v) is 3.18. The van der Waals surface area contributed by atoms with E-state index in [1.165, 1.54) is 0 Å². The molecular weight excluding hydrogens is 174 g/mol. The van der Waals surface area contributed by atoms with E-state index in [9.17, 15) is 4.79 Å². The molecule has 0 atom stereocenters. The predicted molar refractivity (Wildman–Crippen MR) is 58.5 cm³/mol. The van der Waals surface area contributed by atoms with Crippen LogP contribution in [0.1, 0.15) is 5.56 Å². The number of aromatic nitrogens is 1. The summed E-state index contributed by atoms with van der Waals surface area (Å²) in [5, 5.41) is 0.742. The summed E-state index contributed by atoms with van der Waals surface area (Å²) < 4.78 is 0. The summed E-state index contributed by atoms with van der Waals surface area (Å²) in [6.45, 7) is 3.62. The third-order valence-electron chi connectivity index (χ3n) is 2.23. The predicted octanol–water partition coefficient (Wildman–Crippen LogP) is 2.26. The lowest BCUT2D eigenvalue weighted by Crippen LogP contribution is -2.08. The van der Waals surface area contributed by atoms with Crippen LogP contribution in [0.3, 0.4) is 0 Å². The van der Waals surface area contributed by atoms with Gasteiger partial charge in [-0.3, -0.25) is 4.79 Å². The molecule has 0 radical (unpaired) electrons. The fourth-order valence-electron chi connectivity index (χ4n) is 1.52. The molecule has 2 rings (SSSR count). The van der Waals surface area contributed by atoms with Crippen LogP contribution < -0.4 is 5.43 Å². The van der Waals surface area contributed by atoms with Gasteiger partial charge in [-0.1, -0.05) is 18.2 Å². The summed E-state index contributed by atoms with van der Waals surface area (Å²) in [5.41, 5.74) is 1.74. The normalized spacial score (nSPS) is 10.3. The fraction of sp³-hybridized carbons (Fsp3) is 0.0833. The number of pyridine rings is 1. The van der Waals surface area contributed by atoms with Crippen LogP contribution in [0.2, 0.25) is 0 Å². The van der Waals surface area contributed by atoms with Crippen molar-refractivity contribution >= 4 is 10.9 Å². The number of hydrogen-bond donors (Lipinski definition) is 1. The number of rotatable bonds is 2. The molecule has 1 aromatic heterocycles. The number of H-pyrrole nitrogens is 1. The number of para-hydroxylation sites is 1. The highest BCUT2D eigenvalue weighted by Crippen LogP contribution is 2.07. The van der Waals surface area contributed by atoms with Crippen LogP contribution in [0.4, 0.5) is 0 Å². The summed E-state index contributed by atoms with van der Waals surface area (Å²) in [4.78, 5) is 14.9. The van der Waals surface area contributed by atoms with Gasteiger partial charge in [0, 0.05) is 22.7 Å². The molecule has 0 saturated heterocycles. The number of benzene rings is 1. The lowest BCUT2D eigenvalue weighted by molar-refractivity contribution is 1.20. The molecule has 1 aromatic carbocycles. The van der Waals surface area contributed by atoms with Gasteiger partial charge in [-0.2, -0.15) is 0 Å². The van der Waals surface area contributed by atoms with Crippen molar-refractivity contribution in [1.82, 2.24) is 4.98 Å². The average molecular weight is 185 g/mol. The van der Waals surface area contributed by atoms with Crippen LogP contribution in [-0.2, 0) is 6.42 Å². The molecule has 0 spiro atoms. The summed E-state index contributed by atoms with van der Waals surface area (Å²) in [6.07, 6.45) is 4.10. The zero-order valence-electron chi connectivity index (χ0n) is 7.79. The van der Waals surface area contributed by atoms with Crippen LogP contribution in [-0.4, -0.2) is 4.98 Å². The largest absolute Gasteiger partial charge is 0.361 e. The van der Waals surface area contributed by atoms with E-state index in [1.54, 1.807) is 12.3 Å². The van der Waals surface area contributed by atoms with Crippen LogP contribution >= 0.6 is 0 Å². The first-order valence-corrected chi connectivity index (χ1v) is 4.53. The highest BCUT2D eigenvalue weighted by Gasteiger charge is 2.01. The Morgan fingerprint density at radius 2 is 2.14 bits per heavy atom. The van der Waals surface area contributed by atoms with Gasteiger partial charge in [-0.05, 0) is 18.6 Å². The van der Waals surface area contributed by atoms with Gasteiger partial charge in [0.25, 0.3) is 0 Å². The molecule has 0 fully saturated rings. The lowest BCUT2D eigenvalue weighted by Gasteiger charge is -1.99. The third-order valence-corrected chi connectivity index (χ3v) is 2.23. The molecule has 1 heterocycles. The van der Waals surface area contributed by atoms with Gasteiger partial charge in [0.2, 0.25) is 0 Å². The van der Waals surface area contributed by atoms with Gasteiger partial charge in [-0.15, -0.1) is 6.58 Å². The van der Waals surface area contributed by atoms with E-state index < -0.39 is 0 Å². The van der Waals surface area contributed by atoms with Crippen molar-refractivity contribution < 1.29 is 0 Å². The first kappa shape index (κ1) is 8.75. The van der Waals surface area contributed by atoms with Crippen LogP contribution in [0.5, 0.6) is 0 Å². The maximum atomic E-state index is 11.9. The van der Waals surface area contributed by atoms with Crippen molar-refractivity contribution in [1.29, 1.82) is 0 Å². The van der Waals surface area contributed by atoms with Gasteiger partial charge >= 0.3 is 0 Å². The molecular formula is C12H11NO. The Kier molecular flexibility index (Phi) is 2.19. The quantitative estimate of drug-likeness (QED) is 0.715. The van der Waals surface area contributed by atoms with Crippen LogP contribution in [0.15, 0.2) is 47.9 Å². The van der Waals surface area contributed by atoms with Crippen molar-refractivity contribution in [2.24, 2.45) is 0 Å². The summed E-state index contributed by atoms with van der Waals surface area (Å²) in [5.74, 6) is 0. The number of allylic oxidation sites excluding steroid dienone is 1. The zero-order chi connectivity index (χ0) is 9.97. The lowest BCUT2D eigenvalue weighted by atomic mass is 10.1. The Morgan fingerprint density at radius 1 is 1.36 bits per heavy atom. The molecule has 0 amide bonds. The van der Waals surface area contributed by atoms with E-state index in [1.807, 2.05) is 24.3 Å². The molecule has 2 nitrogen and oxygen atoms in total. The van der Waals surface area contributed by atoms with E-state index in [0.717, 1.165) is 16.5 Å². The van der Waals surface area contributed by atoms with Crippen molar-refractivity contribution in [3.8, 4) is 0 Å². The Balaban J connectivity index is 2.75. The Morgan fingerprint density at radius 3 is 2.93 bits per heavy atom. The second kappa shape index (κ2) is 3.50. The van der Waals surface area contributed by atoms with E-state index in [-0.39, 0.29) is 5.43 Å². The zero-order valence-corrected chi connectivity index (χ0v) is 7.79. The van der Waals surface area contributed by atoms with E-state index in [0.29, 0.717) is 6.42 Å². The van der Waals surface area contributed by atoms with Gasteiger partial charge in [0.1, 0.15) is 0 Å². The first-order chi connectivity index (χ1) is 6.83. The Bertz CT molecular complexity index is 525. The van der Waals surface area contributed by atoms with E-state index in [4.69, 9.17) is 0 Å². The molecule has 0 aliphatic heterocycles. The fourth-order valence-corrected chi connectivity index (χ4v) is 1.52. The summed E-state index contributed by atoms with van der Waals surface area (Å²) >= 11 is 0. The molecule has 0 saturated carbocycles. The maximum Gasteiger partial charge on any atom is 0.192 e. The first-order valence-electron chi connectivity index (χ1n) is 4.53. The topological polar surface area (TPSA) is 32.9 Å². The SMILES string of the molecule is C=CCc1c[nH]c2ccccc2c1=O. The van der Waals surface area contributed by atoms with E-state index >= 15 is 0 Å². The number of hydrogen-bond acceptors (Lipinski definition) is 1. The number of aromatic amines is 1.